The Morgan fingerprint density at radius 1 is 1.10 bits per heavy atom. The number of anilines is 1. The molecule has 0 unspecified atom stereocenters. The highest BCUT2D eigenvalue weighted by Gasteiger charge is 2.13. The van der Waals surface area contributed by atoms with Crippen molar-refractivity contribution in [3.05, 3.63) is 27.2 Å². The van der Waals surface area contributed by atoms with Crippen molar-refractivity contribution in [3.63, 3.8) is 0 Å². The smallest absolute Gasteiger partial charge is 0.200 e. The van der Waals surface area contributed by atoms with E-state index in [4.69, 9.17) is 0 Å². The molecule has 6 heteroatoms. The average Bonchev–Trinajstić information content (AvgIpc) is 2.47. The zero-order valence-corrected chi connectivity index (χ0v) is 14.1. The van der Waals surface area contributed by atoms with E-state index in [1.807, 2.05) is 6.92 Å². The van der Waals surface area contributed by atoms with Gasteiger partial charge in [-0.2, -0.15) is 0 Å². The average molecular weight is 383 g/mol. The first-order valence-electron chi connectivity index (χ1n) is 6.75. The summed E-state index contributed by atoms with van der Waals surface area (Å²) >= 11 is 2.29. The Hall–Kier alpha value is -1.31. The molecule has 2 aromatic rings. The minimum absolute atomic E-state index is 0.571. The van der Waals surface area contributed by atoms with Crippen molar-refractivity contribution in [1.82, 2.24) is 19.9 Å². The predicted octanol–water partition coefficient (Wildman–Crippen LogP) is 3.23. The van der Waals surface area contributed by atoms with Gasteiger partial charge in [0, 0.05) is 18.9 Å². The van der Waals surface area contributed by atoms with Gasteiger partial charge in [-0.1, -0.05) is 13.8 Å². The Morgan fingerprint density at radius 2 is 1.80 bits per heavy atom. The van der Waals surface area contributed by atoms with Crippen molar-refractivity contribution in [2.24, 2.45) is 0 Å². The molecule has 2 heterocycles. The molecular formula is C14H18IN5. The Labute approximate surface area is 132 Å². The standard InChI is InChI=1S/C14H18IN5/c1-4-6-16-12-11(15)10(5-2)19-14(20-12)13-17-7-9(3)8-18-13/h7-8H,4-6H2,1-3H3,(H,16,19,20). The lowest BCUT2D eigenvalue weighted by atomic mass is 10.3. The fraction of sp³-hybridized carbons (Fsp3) is 0.429. The van der Waals surface area contributed by atoms with Crippen LogP contribution < -0.4 is 5.32 Å². The van der Waals surface area contributed by atoms with E-state index in [0.29, 0.717) is 11.6 Å². The fourth-order valence-electron chi connectivity index (χ4n) is 1.70. The van der Waals surface area contributed by atoms with Gasteiger partial charge >= 0.3 is 0 Å². The van der Waals surface area contributed by atoms with E-state index in [9.17, 15) is 0 Å². The molecule has 20 heavy (non-hydrogen) atoms. The summed E-state index contributed by atoms with van der Waals surface area (Å²) in [6.45, 7) is 7.08. The van der Waals surface area contributed by atoms with E-state index in [1.165, 1.54) is 0 Å². The van der Waals surface area contributed by atoms with Crippen LogP contribution in [0.2, 0.25) is 0 Å². The number of nitrogens with one attached hydrogen (secondary N) is 1. The minimum atomic E-state index is 0.571. The van der Waals surface area contributed by atoms with Crippen LogP contribution in [0, 0.1) is 10.5 Å². The Kier molecular flexibility index (Phi) is 5.22. The summed E-state index contributed by atoms with van der Waals surface area (Å²) in [5, 5.41) is 3.34. The lowest BCUT2D eigenvalue weighted by molar-refractivity contribution is 0.934. The molecule has 0 saturated heterocycles. The van der Waals surface area contributed by atoms with Crippen molar-refractivity contribution in [2.45, 2.75) is 33.6 Å². The maximum Gasteiger partial charge on any atom is 0.200 e. The number of rotatable bonds is 5. The van der Waals surface area contributed by atoms with Gasteiger partial charge in [-0.3, -0.25) is 0 Å². The molecule has 0 aliphatic carbocycles. The number of aryl methyl sites for hydroxylation is 2. The van der Waals surface area contributed by atoms with Crippen LogP contribution in [0.4, 0.5) is 5.82 Å². The Morgan fingerprint density at radius 3 is 2.40 bits per heavy atom. The molecule has 0 aromatic carbocycles. The van der Waals surface area contributed by atoms with Gasteiger partial charge in [-0.25, -0.2) is 19.9 Å². The molecule has 0 atom stereocenters. The van der Waals surface area contributed by atoms with Crippen molar-refractivity contribution in [1.29, 1.82) is 0 Å². The van der Waals surface area contributed by atoms with Gasteiger partial charge in [0.2, 0.25) is 0 Å². The number of aromatic nitrogens is 4. The van der Waals surface area contributed by atoms with E-state index in [-0.39, 0.29) is 0 Å². The van der Waals surface area contributed by atoms with E-state index in [2.05, 4.69) is 61.7 Å². The summed E-state index contributed by atoms with van der Waals surface area (Å²) in [5.41, 5.74) is 2.05. The third-order valence-corrected chi connectivity index (χ3v) is 3.91. The van der Waals surface area contributed by atoms with Crippen molar-refractivity contribution in [3.8, 4) is 11.6 Å². The van der Waals surface area contributed by atoms with Crippen LogP contribution in [-0.4, -0.2) is 26.5 Å². The summed E-state index contributed by atoms with van der Waals surface area (Å²) in [6, 6.07) is 0. The zero-order valence-electron chi connectivity index (χ0n) is 11.9. The number of halogens is 1. The lowest BCUT2D eigenvalue weighted by Crippen LogP contribution is -2.09. The van der Waals surface area contributed by atoms with Gasteiger partial charge in [0.25, 0.3) is 0 Å². The van der Waals surface area contributed by atoms with Crippen LogP contribution in [0.25, 0.3) is 11.6 Å². The molecule has 5 nitrogen and oxygen atoms in total. The van der Waals surface area contributed by atoms with Crippen molar-refractivity contribution in [2.75, 3.05) is 11.9 Å². The quantitative estimate of drug-likeness (QED) is 0.804. The molecule has 0 fully saturated rings. The summed E-state index contributed by atoms with van der Waals surface area (Å²) in [4.78, 5) is 17.8. The first kappa shape index (κ1) is 15.1. The molecule has 1 N–H and O–H groups in total. The second-order valence-corrected chi connectivity index (χ2v) is 5.60. The molecule has 0 radical (unpaired) electrons. The predicted molar refractivity (Wildman–Crippen MR) is 88.7 cm³/mol. The molecule has 106 valence electrons. The van der Waals surface area contributed by atoms with E-state index >= 15 is 0 Å². The van der Waals surface area contributed by atoms with Gasteiger partial charge in [0.05, 0.1) is 9.26 Å². The third-order valence-electron chi connectivity index (χ3n) is 2.78. The van der Waals surface area contributed by atoms with Crippen molar-refractivity contribution >= 4 is 28.4 Å². The fourth-order valence-corrected chi connectivity index (χ4v) is 2.51. The van der Waals surface area contributed by atoms with E-state index < -0.39 is 0 Å². The van der Waals surface area contributed by atoms with E-state index in [0.717, 1.165) is 40.0 Å². The molecule has 0 spiro atoms. The normalized spacial score (nSPS) is 10.6. The van der Waals surface area contributed by atoms with Crippen LogP contribution in [0.5, 0.6) is 0 Å². The maximum absolute atomic E-state index is 4.58. The van der Waals surface area contributed by atoms with Crippen LogP contribution in [0.15, 0.2) is 12.4 Å². The second-order valence-electron chi connectivity index (χ2n) is 4.52. The minimum Gasteiger partial charge on any atom is -0.369 e. The molecular weight excluding hydrogens is 365 g/mol. The highest BCUT2D eigenvalue weighted by atomic mass is 127. The van der Waals surface area contributed by atoms with Crippen LogP contribution in [0.3, 0.4) is 0 Å². The lowest BCUT2D eigenvalue weighted by Gasteiger charge is -2.11. The molecule has 0 aliphatic rings. The summed E-state index contributed by atoms with van der Waals surface area (Å²) < 4.78 is 1.08. The summed E-state index contributed by atoms with van der Waals surface area (Å²) in [7, 11) is 0. The van der Waals surface area contributed by atoms with Gasteiger partial charge in [0.15, 0.2) is 11.6 Å². The van der Waals surface area contributed by atoms with Gasteiger partial charge in [0.1, 0.15) is 5.82 Å². The molecule has 0 aliphatic heterocycles. The number of hydrogen-bond donors (Lipinski definition) is 1. The third kappa shape index (κ3) is 3.41. The SMILES string of the molecule is CCCNc1nc(-c2ncc(C)cn2)nc(CC)c1I. The van der Waals surface area contributed by atoms with Crippen LogP contribution >= 0.6 is 22.6 Å². The highest BCUT2D eigenvalue weighted by Crippen LogP contribution is 2.22. The van der Waals surface area contributed by atoms with Gasteiger partial charge in [-0.05, 0) is 47.9 Å². The monoisotopic (exact) mass is 383 g/mol. The molecule has 2 rings (SSSR count). The molecule has 0 saturated carbocycles. The van der Waals surface area contributed by atoms with Crippen molar-refractivity contribution < 1.29 is 0 Å². The zero-order chi connectivity index (χ0) is 14.5. The molecule has 0 bridgehead atoms. The summed E-state index contributed by atoms with van der Waals surface area (Å²) in [5.74, 6) is 2.03. The van der Waals surface area contributed by atoms with E-state index in [1.54, 1.807) is 12.4 Å². The van der Waals surface area contributed by atoms with Crippen LogP contribution in [-0.2, 0) is 6.42 Å². The Balaban J connectivity index is 2.44. The number of hydrogen-bond acceptors (Lipinski definition) is 5. The second kappa shape index (κ2) is 6.92. The maximum atomic E-state index is 4.58. The van der Waals surface area contributed by atoms with Gasteiger partial charge < -0.3 is 5.32 Å². The molecule has 0 amide bonds. The summed E-state index contributed by atoms with van der Waals surface area (Å²) in [6.07, 6.45) is 5.49. The molecule has 2 aromatic heterocycles. The first-order chi connectivity index (χ1) is 9.65. The highest BCUT2D eigenvalue weighted by molar-refractivity contribution is 14.1. The largest absolute Gasteiger partial charge is 0.369 e. The van der Waals surface area contributed by atoms with Gasteiger partial charge in [-0.15, -0.1) is 0 Å². The van der Waals surface area contributed by atoms with Crippen LogP contribution in [0.1, 0.15) is 31.5 Å². The topological polar surface area (TPSA) is 63.6 Å². The first-order valence-corrected chi connectivity index (χ1v) is 7.82. The number of nitrogens with zero attached hydrogens (tertiary/aromatic N) is 4. The Bertz CT molecular complexity index is 583.